The van der Waals surface area contributed by atoms with Crippen LogP contribution in [0.15, 0.2) is 23.1 Å². The first-order valence-corrected chi connectivity index (χ1v) is 4.41. The minimum atomic E-state index is 0.758. The largest absolute Gasteiger partial charge is 0.316 e. The molecule has 0 fully saturated rings. The molecule has 0 bridgehead atoms. The predicted octanol–water partition coefficient (Wildman–Crippen LogP) is 1.47. The van der Waals surface area contributed by atoms with E-state index in [0.29, 0.717) is 0 Å². The molecule has 12 heavy (non-hydrogen) atoms. The third-order valence-electron chi connectivity index (χ3n) is 1.25. The van der Waals surface area contributed by atoms with Gasteiger partial charge in [0.15, 0.2) is 0 Å². The number of rotatable bonds is 3. The molecule has 0 amide bonds. The van der Waals surface area contributed by atoms with Gasteiger partial charge in [0.2, 0.25) is 0 Å². The van der Waals surface area contributed by atoms with Gasteiger partial charge >= 0.3 is 0 Å². The average Bonchev–Trinajstić information content (AvgIpc) is 2.09. The van der Waals surface area contributed by atoms with Crippen LogP contribution in [0.1, 0.15) is 5.69 Å². The van der Waals surface area contributed by atoms with Crippen molar-refractivity contribution in [2.75, 3.05) is 13.6 Å². The minimum absolute atomic E-state index is 0.758. The first-order valence-electron chi connectivity index (χ1n) is 3.61. The number of halogens is 1. The highest BCUT2D eigenvalue weighted by atomic mass is 79.9. The van der Waals surface area contributed by atoms with Crippen LogP contribution in [0.25, 0.3) is 6.08 Å². The van der Waals surface area contributed by atoms with Gasteiger partial charge in [-0.2, -0.15) is 0 Å². The standard InChI is InChI=1S/C8H10BrN3/c1-10-4-2-3-7-5-12-8(9)6-11-7/h2-3,5-6,10H,4H2,1H3. The van der Waals surface area contributed by atoms with Gasteiger partial charge in [-0.15, -0.1) is 0 Å². The van der Waals surface area contributed by atoms with Gasteiger partial charge < -0.3 is 5.32 Å². The van der Waals surface area contributed by atoms with Crippen molar-refractivity contribution in [2.45, 2.75) is 0 Å². The molecular weight excluding hydrogens is 218 g/mol. The van der Waals surface area contributed by atoms with Crippen LogP contribution in [-0.2, 0) is 0 Å². The maximum Gasteiger partial charge on any atom is 0.124 e. The van der Waals surface area contributed by atoms with Gasteiger partial charge in [-0.05, 0) is 29.1 Å². The fraction of sp³-hybridized carbons (Fsp3) is 0.250. The second-order valence-corrected chi connectivity index (χ2v) is 3.04. The van der Waals surface area contributed by atoms with Gasteiger partial charge in [-0.1, -0.05) is 6.08 Å². The summed E-state index contributed by atoms with van der Waals surface area (Å²) >= 11 is 3.22. The summed E-state index contributed by atoms with van der Waals surface area (Å²) < 4.78 is 0.758. The summed E-state index contributed by atoms with van der Waals surface area (Å²) in [6, 6.07) is 0. The molecule has 0 aliphatic rings. The fourth-order valence-electron chi connectivity index (χ4n) is 0.706. The number of nitrogens with one attached hydrogen (secondary N) is 1. The van der Waals surface area contributed by atoms with Gasteiger partial charge in [0.05, 0.1) is 18.1 Å². The summed E-state index contributed by atoms with van der Waals surface area (Å²) in [6.07, 6.45) is 7.32. The van der Waals surface area contributed by atoms with Crippen LogP contribution >= 0.6 is 15.9 Å². The Kier molecular flexibility index (Phi) is 3.90. The summed E-state index contributed by atoms with van der Waals surface area (Å²) in [6.45, 7) is 0.845. The quantitative estimate of drug-likeness (QED) is 0.851. The Morgan fingerprint density at radius 1 is 1.50 bits per heavy atom. The molecule has 0 atom stereocenters. The molecule has 0 aliphatic carbocycles. The minimum Gasteiger partial charge on any atom is -0.316 e. The Labute approximate surface area is 80.1 Å². The van der Waals surface area contributed by atoms with Gasteiger partial charge in [-0.3, -0.25) is 4.98 Å². The number of hydrogen-bond donors (Lipinski definition) is 1. The van der Waals surface area contributed by atoms with E-state index in [1.807, 2.05) is 19.2 Å². The Bertz CT molecular complexity index is 256. The van der Waals surface area contributed by atoms with E-state index < -0.39 is 0 Å². The second-order valence-electron chi connectivity index (χ2n) is 2.22. The van der Waals surface area contributed by atoms with E-state index >= 15 is 0 Å². The molecule has 64 valence electrons. The molecule has 1 aromatic rings. The van der Waals surface area contributed by atoms with E-state index in [4.69, 9.17) is 0 Å². The van der Waals surface area contributed by atoms with Crippen molar-refractivity contribution >= 4 is 22.0 Å². The Hall–Kier alpha value is -0.740. The van der Waals surface area contributed by atoms with Crippen molar-refractivity contribution in [1.82, 2.24) is 15.3 Å². The summed E-state index contributed by atoms with van der Waals surface area (Å²) in [4.78, 5) is 8.17. The Morgan fingerprint density at radius 2 is 2.33 bits per heavy atom. The molecule has 0 aromatic carbocycles. The highest BCUT2D eigenvalue weighted by molar-refractivity contribution is 9.10. The maximum absolute atomic E-state index is 4.13. The van der Waals surface area contributed by atoms with Crippen LogP contribution in [0.4, 0.5) is 0 Å². The summed E-state index contributed by atoms with van der Waals surface area (Å²) in [5, 5.41) is 3.01. The summed E-state index contributed by atoms with van der Waals surface area (Å²) in [5.74, 6) is 0. The van der Waals surface area contributed by atoms with Crippen molar-refractivity contribution in [3.8, 4) is 0 Å². The van der Waals surface area contributed by atoms with Crippen LogP contribution in [-0.4, -0.2) is 23.6 Å². The highest BCUT2D eigenvalue weighted by Crippen LogP contribution is 2.03. The lowest BCUT2D eigenvalue weighted by Gasteiger charge is -1.91. The lowest BCUT2D eigenvalue weighted by Crippen LogP contribution is -2.03. The molecule has 0 saturated heterocycles. The zero-order valence-electron chi connectivity index (χ0n) is 6.79. The van der Waals surface area contributed by atoms with Gasteiger partial charge in [0, 0.05) is 6.54 Å². The van der Waals surface area contributed by atoms with E-state index in [1.54, 1.807) is 12.4 Å². The predicted molar refractivity (Wildman–Crippen MR) is 52.7 cm³/mol. The zero-order chi connectivity index (χ0) is 8.81. The van der Waals surface area contributed by atoms with Gasteiger partial charge in [0.25, 0.3) is 0 Å². The molecule has 1 rings (SSSR count). The van der Waals surface area contributed by atoms with Crippen LogP contribution in [0, 0.1) is 0 Å². The third kappa shape index (κ3) is 3.11. The maximum atomic E-state index is 4.13. The van der Waals surface area contributed by atoms with E-state index in [1.165, 1.54) is 0 Å². The summed E-state index contributed by atoms with van der Waals surface area (Å²) in [5.41, 5.74) is 0.869. The average molecular weight is 228 g/mol. The number of likely N-dealkylation sites (N-methyl/N-ethyl adjacent to an activating group) is 1. The lowest BCUT2D eigenvalue weighted by atomic mass is 10.4. The lowest BCUT2D eigenvalue weighted by molar-refractivity contribution is 0.922. The first kappa shape index (κ1) is 9.35. The molecule has 1 N–H and O–H groups in total. The van der Waals surface area contributed by atoms with Crippen molar-refractivity contribution in [1.29, 1.82) is 0 Å². The van der Waals surface area contributed by atoms with Gasteiger partial charge in [-0.25, -0.2) is 4.98 Å². The number of aromatic nitrogens is 2. The molecule has 0 radical (unpaired) electrons. The van der Waals surface area contributed by atoms with E-state index in [9.17, 15) is 0 Å². The van der Waals surface area contributed by atoms with Crippen LogP contribution in [0.2, 0.25) is 0 Å². The molecule has 0 unspecified atom stereocenters. The van der Waals surface area contributed by atoms with Gasteiger partial charge in [0.1, 0.15) is 4.60 Å². The monoisotopic (exact) mass is 227 g/mol. The summed E-state index contributed by atoms with van der Waals surface area (Å²) in [7, 11) is 1.90. The highest BCUT2D eigenvalue weighted by Gasteiger charge is 1.88. The Morgan fingerprint density at radius 3 is 2.92 bits per heavy atom. The molecule has 0 saturated carbocycles. The van der Waals surface area contributed by atoms with E-state index in [0.717, 1.165) is 16.8 Å². The smallest absolute Gasteiger partial charge is 0.124 e. The fourth-order valence-corrected chi connectivity index (χ4v) is 0.911. The molecule has 3 nitrogen and oxygen atoms in total. The van der Waals surface area contributed by atoms with Crippen molar-refractivity contribution in [3.05, 3.63) is 28.8 Å². The molecule has 0 spiro atoms. The van der Waals surface area contributed by atoms with Crippen molar-refractivity contribution < 1.29 is 0 Å². The second kappa shape index (κ2) is 5.00. The molecular formula is C8H10BrN3. The normalized spacial score (nSPS) is 10.8. The number of hydrogen-bond acceptors (Lipinski definition) is 3. The molecule has 0 aliphatic heterocycles. The van der Waals surface area contributed by atoms with Crippen LogP contribution in [0.5, 0.6) is 0 Å². The SMILES string of the molecule is CNCC=Cc1cnc(Br)cn1. The van der Waals surface area contributed by atoms with E-state index in [-0.39, 0.29) is 0 Å². The van der Waals surface area contributed by atoms with Crippen LogP contribution in [0.3, 0.4) is 0 Å². The van der Waals surface area contributed by atoms with Crippen molar-refractivity contribution in [3.63, 3.8) is 0 Å². The number of nitrogens with zero attached hydrogens (tertiary/aromatic N) is 2. The third-order valence-corrected chi connectivity index (χ3v) is 1.66. The first-order chi connectivity index (χ1) is 5.83. The topological polar surface area (TPSA) is 37.8 Å². The molecule has 1 heterocycles. The van der Waals surface area contributed by atoms with Crippen molar-refractivity contribution in [2.24, 2.45) is 0 Å². The molecule has 1 aromatic heterocycles. The Balaban J connectivity index is 2.58. The molecule has 4 heteroatoms. The van der Waals surface area contributed by atoms with Crippen LogP contribution < -0.4 is 5.32 Å². The van der Waals surface area contributed by atoms with E-state index in [2.05, 4.69) is 31.2 Å². The zero-order valence-corrected chi connectivity index (χ0v) is 8.37.